The molecule has 1 heterocycles. The Bertz CT molecular complexity index is 413. The van der Waals surface area contributed by atoms with Gasteiger partial charge in [0.15, 0.2) is 0 Å². The molecule has 0 radical (unpaired) electrons. The number of hydrogen-bond donors (Lipinski definition) is 1. The molecule has 1 aliphatic rings. The molecule has 5 heteroatoms. The second-order valence-corrected chi connectivity index (χ2v) is 5.69. The third-order valence-electron chi connectivity index (χ3n) is 3.89. The van der Waals surface area contributed by atoms with Crippen LogP contribution in [-0.2, 0) is 4.74 Å². The van der Waals surface area contributed by atoms with Crippen LogP contribution in [0.2, 0.25) is 0 Å². The molecule has 1 atom stereocenters. The predicted octanol–water partition coefficient (Wildman–Crippen LogP) is 3.70. The summed E-state index contributed by atoms with van der Waals surface area (Å²) in [7, 11) is 0. The van der Waals surface area contributed by atoms with Crippen LogP contribution in [0.1, 0.15) is 31.4 Å². The van der Waals surface area contributed by atoms with E-state index in [4.69, 9.17) is 4.74 Å². The SMILES string of the molecule is CC1(CNC(c2ccccc2)C(F)(F)F)CCOCC1. The number of rotatable bonds is 4. The van der Waals surface area contributed by atoms with Gasteiger partial charge in [0.25, 0.3) is 0 Å². The number of alkyl halides is 3. The van der Waals surface area contributed by atoms with E-state index >= 15 is 0 Å². The molecule has 2 nitrogen and oxygen atoms in total. The Morgan fingerprint density at radius 2 is 1.80 bits per heavy atom. The van der Waals surface area contributed by atoms with Crippen LogP contribution in [0.5, 0.6) is 0 Å². The van der Waals surface area contributed by atoms with E-state index in [2.05, 4.69) is 5.32 Å². The first-order valence-electron chi connectivity index (χ1n) is 6.84. The number of halogens is 3. The topological polar surface area (TPSA) is 21.3 Å². The maximum absolute atomic E-state index is 13.2. The highest BCUT2D eigenvalue weighted by Gasteiger charge is 2.41. The Morgan fingerprint density at radius 1 is 1.20 bits per heavy atom. The third-order valence-corrected chi connectivity index (χ3v) is 3.89. The molecule has 20 heavy (non-hydrogen) atoms. The zero-order chi connectivity index (χ0) is 14.6. The number of nitrogens with one attached hydrogen (secondary N) is 1. The maximum atomic E-state index is 13.2. The van der Waals surface area contributed by atoms with E-state index in [1.165, 1.54) is 12.1 Å². The summed E-state index contributed by atoms with van der Waals surface area (Å²) in [6, 6.07) is 6.40. The first-order chi connectivity index (χ1) is 9.41. The molecule has 1 aliphatic heterocycles. The fraction of sp³-hybridized carbons (Fsp3) is 0.600. The molecule has 1 aromatic rings. The Balaban J connectivity index is 2.06. The monoisotopic (exact) mass is 287 g/mol. The van der Waals surface area contributed by atoms with E-state index in [9.17, 15) is 13.2 Å². The van der Waals surface area contributed by atoms with Crippen LogP contribution in [0, 0.1) is 5.41 Å². The molecule has 1 N–H and O–H groups in total. The van der Waals surface area contributed by atoms with Gasteiger partial charge in [0, 0.05) is 19.8 Å². The molecule has 0 amide bonds. The standard InChI is InChI=1S/C15H20F3NO/c1-14(7-9-20-10-8-14)11-19-13(15(16,17)18)12-5-3-2-4-6-12/h2-6,13,19H,7-11H2,1H3. The van der Waals surface area contributed by atoms with Crippen molar-refractivity contribution in [1.82, 2.24) is 5.32 Å². The van der Waals surface area contributed by atoms with Crippen molar-refractivity contribution in [3.63, 3.8) is 0 Å². The molecule has 1 aromatic carbocycles. The van der Waals surface area contributed by atoms with Gasteiger partial charge in [0.1, 0.15) is 6.04 Å². The lowest BCUT2D eigenvalue weighted by Gasteiger charge is -2.35. The van der Waals surface area contributed by atoms with Gasteiger partial charge >= 0.3 is 6.18 Å². The van der Waals surface area contributed by atoms with Crippen molar-refractivity contribution in [2.75, 3.05) is 19.8 Å². The molecule has 0 aliphatic carbocycles. The van der Waals surface area contributed by atoms with Gasteiger partial charge < -0.3 is 10.1 Å². The summed E-state index contributed by atoms with van der Waals surface area (Å²) in [5.41, 5.74) is 0.131. The maximum Gasteiger partial charge on any atom is 0.407 e. The Labute approximate surface area is 117 Å². The zero-order valence-electron chi connectivity index (χ0n) is 11.5. The first kappa shape index (κ1) is 15.3. The number of hydrogen-bond acceptors (Lipinski definition) is 2. The molecule has 2 rings (SSSR count). The highest BCUT2D eigenvalue weighted by molar-refractivity contribution is 5.20. The normalized spacial score (nSPS) is 20.6. The van der Waals surface area contributed by atoms with Crippen LogP contribution in [0.25, 0.3) is 0 Å². The molecule has 0 aromatic heterocycles. The summed E-state index contributed by atoms with van der Waals surface area (Å²) < 4.78 is 44.9. The summed E-state index contributed by atoms with van der Waals surface area (Å²) in [5.74, 6) is 0. The van der Waals surface area contributed by atoms with Crippen molar-refractivity contribution < 1.29 is 17.9 Å². The van der Waals surface area contributed by atoms with E-state index in [0.717, 1.165) is 12.8 Å². The van der Waals surface area contributed by atoms with Gasteiger partial charge in [-0.2, -0.15) is 13.2 Å². The smallest absolute Gasteiger partial charge is 0.381 e. The largest absolute Gasteiger partial charge is 0.407 e. The van der Waals surface area contributed by atoms with E-state index in [1.807, 2.05) is 6.92 Å². The Morgan fingerprint density at radius 3 is 2.35 bits per heavy atom. The lowest BCUT2D eigenvalue weighted by atomic mass is 9.82. The van der Waals surface area contributed by atoms with Crippen molar-refractivity contribution in [3.8, 4) is 0 Å². The fourth-order valence-corrected chi connectivity index (χ4v) is 2.46. The van der Waals surface area contributed by atoms with E-state index < -0.39 is 12.2 Å². The van der Waals surface area contributed by atoms with Gasteiger partial charge in [-0.25, -0.2) is 0 Å². The summed E-state index contributed by atoms with van der Waals surface area (Å²) in [4.78, 5) is 0. The van der Waals surface area contributed by atoms with Gasteiger partial charge in [-0.1, -0.05) is 37.3 Å². The molecular formula is C15H20F3NO. The zero-order valence-corrected chi connectivity index (χ0v) is 11.5. The molecule has 0 bridgehead atoms. The third kappa shape index (κ3) is 3.96. The molecular weight excluding hydrogens is 267 g/mol. The van der Waals surface area contributed by atoms with Gasteiger partial charge in [-0.3, -0.25) is 0 Å². The molecule has 0 saturated carbocycles. The van der Waals surface area contributed by atoms with Crippen LogP contribution in [-0.4, -0.2) is 25.9 Å². The molecule has 112 valence electrons. The van der Waals surface area contributed by atoms with Gasteiger partial charge in [0.05, 0.1) is 0 Å². The minimum Gasteiger partial charge on any atom is -0.381 e. The summed E-state index contributed by atoms with van der Waals surface area (Å²) in [6.07, 6.45) is -2.71. The van der Waals surface area contributed by atoms with Crippen molar-refractivity contribution in [2.24, 2.45) is 5.41 Å². The molecule has 1 fully saturated rings. The molecule has 1 saturated heterocycles. The van der Waals surface area contributed by atoms with Gasteiger partial charge in [0.2, 0.25) is 0 Å². The predicted molar refractivity (Wildman–Crippen MR) is 71.4 cm³/mol. The van der Waals surface area contributed by atoms with Crippen molar-refractivity contribution in [3.05, 3.63) is 35.9 Å². The second kappa shape index (κ2) is 6.14. The Kier molecular flexibility index (Phi) is 4.70. The first-order valence-corrected chi connectivity index (χ1v) is 6.84. The minimum absolute atomic E-state index is 0.128. The second-order valence-electron chi connectivity index (χ2n) is 5.69. The lowest BCUT2D eigenvalue weighted by Crippen LogP contribution is -2.42. The lowest BCUT2D eigenvalue weighted by molar-refractivity contribution is -0.159. The van der Waals surface area contributed by atoms with Crippen molar-refractivity contribution in [1.29, 1.82) is 0 Å². The number of ether oxygens (including phenoxy) is 1. The number of benzene rings is 1. The van der Waals surface area contributed by atoms with Crippen LogP contribution in [0.3, 0.4) is 0 Å². The summed E-state index contributed by atoms with van der Waals surface area (Å²) >= 11 is 0. The van der Waals surface area contributed by atoms with Crippen molar-refractivity contribution >= 4 is 0 Å². The average Bonchev–Trinajstić information content (AvgIpc) is 2.39. The quantitative estimate of drug-likeness (QED) is 0.911. The summed E-state index contributed by atoms with van der Waals surface area (Å²) in [6.45, 7) is 3.61. The highest BCUT2D eigenvalue weighted by Crippen LogP contribution is 2.35. The van der Waals surface area contributed by atoms with E-state index in [-0.39, 0.29) is 11.0 Å². The van der Waals surface area contributed by atoms with Crippen LogP contribution in [0.15, 0.2) is 30.3 Å². The van der Waals surface area contributed by atoms with Crippen molar-refractivity contribution in [2.45, 2.75) is 32.0 Å². The Hall–Kier alpha value is -1.07. The fourth-order valence-electron chi connectivity index (χ4n) is 2.46. The molecule has 1 unspecified atom stereocenters. The molecule has 0 spiro atoms. The van der Waals surface area contributed by atoms with Gasteiger partial charge in [-0.05, 0) is 23.8 Å². The van der Waals surface area contributed by atoms with Crippen LogP contribution < -0.4 is 5.32 Å². The average molecular weight is 287 g/mol. The van der Waals surface area contributed by atoms with E-state index in [0.29, 0.717) is 19.8 Å². The highest BCUT2D eigenvalue weighted by atomic mass is 19.4. The van der Waals surface area contributed by atoms with E-state index in [1.54, 1.807) is 18.2 Å². The van der Waals surface area contributed by atoms with Crippen LogP contribution >= 0.6 is 0 Å². The van der Waals surface area contributed by atoms with Gasteiger partial charge in [-0.15, -0.1) is 0 Å². The summed E-state index contributed by atoms with van der Waals surface area (Å²) in [5, 5.41) is 2.71. The van der Waals surface area contributed by atoms with Crippen LogP contribution in [0.4, 0.5) is 13.2 Å². The minimum atomic E-state index is -4.29.